The molecule has 0 aromatic carbocycles. The van der Waals surface area contributed by atoms with Crippen LogP contribution >= 0.6 is 0 Å². The molecule has 2 heterocycles. The number of likely N-dealkylation sites (N-methyl/N-ethyl adjacent to an activating group) is 1. The molecular formula is C14H21N3O. The zero-order valence-corrected chi connectivity index (χ0v) is 11.6. The molecule has 1 aliphatic heterocycles. The summed E-state index contributed by atoms with van der Waals surface area (Å²) in [6, 6.07) is 2.08. The van der Waals surface area contributed by atoms with Crippen molar-refractivity contribution in [1.82, 2.24) is 9.88 Å². The largest absolute Gasteiger partial charge is 0.308 e. The first-order valence-corrected chi connectivity index (χ1v) is 6.32. The second-order valence-electron chi connectivity index (χ2n) is 5.96. The molecule has 1 aromatic rings. The maximum Gasteiger partial charge on any atom is 0.241 e. The summed E-state index contributed by atoms with van der Waals surface area (Å²) in [6.07, 6.45) is 3.66. The number of hydrogen-bond donors (Lipinski definition) is 0. The molecule has 0 N–H and O–H groups in total. The number of carbonyl (C=O) groups excluding carboxylic acids is 1. The number of rotatable bonds is 1. The highest BCUT2D eigenvalue weighted by molar-refractivity contribution is 5.95. The molecule has 4 heteroatoms. The van der Waals surface area contributed by atoms with Crippen molar-refractivity contribution in [2.75, 3.05) is 31.6 Å². The molecule has 0 spiro atoms. The molecule has 0 atom stereocenters. The van der Waals surface area contributed by atoms with Crippen molar-refractivity contribution < 1.29 is 4.79 Å². The molecule has 1 aromatic heterocycles. The van der Waals surface area contributed by atoms with Gasteiger partial charge < -0.3 is 4.90 Å². The van der Waals surface area contributed by atoms with Crippen LogP contribution in [0, 0.1) is 0 Å². The van der Waals surface area contributed by atoms with Crippen LogP contribution in [0.15, 0.2) is 18.5 Å². The summed E-state index contributed by atoms with van der Waals surface area (Å²) >= 11 is 0. The topological polar surface area (TPSA) is 36.4 Å². The SMILES string of the molecule is CN1CCN(c2cncc(C(C)(C)C)c2)C(=O)C1. The third kappa shape index (κ3) is 2.70. The van der Waals surface area contributed by atoms with Gasteiger partial charge in [-0.2, -0.15) is 0 Å². The first-order chi connectivity index (χ1) is 8.38. The average molecular weight is 247 g/mol. The van der Waals surface area contributed by atoms with Gasteiger partial charge in [0.2, 0.25) is 5.91 Å². The molecule has 0 bridgehead atoms. The second-order valence-corrected chi connectivity index (χ2v) is 5.96. The number of piperazine rings is 1. The van der Waals surface area contributed by atoms with Crippen molar-refractivity contribution in [2.45, 2.75) is 26.2 Å². The van der Waals surface area contributed by atoms with E-state index in [1.165, 1.54) is 0 Å². The van der Waals surface area contributed by atoms with E-state index < -0.39 is 0 Å². The average Bonchev–Trinajstić information content (AvgIpc) is 2.28. The fourth-order valence-electron chi connectivity index (χ4n) is 2.05. The lowest BCUT2D eigenvalue weighted by Gasteiger charge is -2.32. The van der Waals surface area contributed by atoms with E-state index in [9.17, 15) is 4.79 Å². The van der Waals surface area contributed by atoms with Crippen LogP contribution in [0.3, 0.4) is 0 Å². The van der Waals surface area contributed by atoms with Crippen molar-refractivity contribution in [3.05, 3.63) is 24.0 Å². The summed E-state index contributed by atoms with van der Waals surface area (Å²) in [5.74, 6) is 0.150. The summed E-state index contributed by atoms with van der Waals surface area (Å²) in [6.45, 7) is 8.59. The van der Waals surface area contributed by atoms with Gasteiger partial charge in [-0.25, -0.2) is 0 Å². The fourth-order valence-corrected chi connectivity index (χ4v) is 2.05. The molecule has 0 saturated carbocycles. The van der Waals surface area contributed by atoms with Gasteiger partial charge in [0.25, 0.3) is 0 Å². The highest BCUT2D eigenvalue weighted by Gasteiger charge is 2.24. The minimum Gasteiger partial charge on any atom is -0.308 e. The highest BCUT2D eigenvalue weighted by atomic mass is 16.2. The van der Waals surface area contributed by atoms with Crippen molar-refractivity contribution in [1.29, 1.82) is 0 Å². The van der Waals surface area contributed by atoms with Crippen LogP contribution in [0.25, 0.3) is 0 Å². The van der Waals surface area contributed by atoms with E-state index in [0.717, 1.165) is 24.3 Å². The van der Waals surface area contributed by atoms with Gasteiger partial charge in [-0.1, -0.05) is 20.8 Å². The molecule has 4 nitrogen and oxygen atoms in total. The van der Waals surface area contributed by atoms with E-state index in [2.05, 4.69) is 31.8 Å². The Hall–Kier alpha value is -1.42. The molecule has 0 unspecified atom stereocenters. The molecular weight excluding hydrogens is 226 g/mol. The maximum absolute atomic E-state index is 12.0. The number of hydrogen-bond acceptors (Lipinski definition) is 3. The molecule has 1 saturated heterocycles. The van der Waals surface area contributed by atoms with Gasteiger partial charge in [0.1, 0.15) is 0 Å². The maximum atomic E-state index is 12.0. The van der Waals surface area contributed by atoms with Crippen LogP contribution in [-0.4, -0.2) is 42.5 Å². The summed E-state index contributed by atoms with van der Waals surface area (Å²) in [5, 5.41) is 0. The number of amides is 1. The van der Waals surface area contributed by atoms with Crippen LogP contribution in [0.2, 0.25) is 0 Å². The lowest BCUT2D eigenvalue weighted by atomic mass is 9.88. The third-order valence-corrected chi connectivity index (χ3v) is 3.31. The van der Waals surface area contributed by atoms with Crippen molar-refractivity contribution in [3.8, 4) is 0 Å². The van der Waals surface area contributed by atoms with Crippen LogP contribution in [0.4, 0.5) is 5.69 Å². The van der Waals surface area contributed by atoms with E-state index in [1.54, 1.807) is 6.20 Å². The quantitative estimate of drug-likeness (QED) is 0.757. The van der Waals surface area contributed by atoms with Gasteiger partial charge in [-0.3, -0.25) is 14.7 Å². The smallest absolute Gasteiger partial charge is 0.241 e. The van der Waals surface area contributed by atoms with Gasteiger partial charge in [0, 0.05) is 19.3 Å². The molecule has 0 aliphatic carbocycles. The molecule has 1 amide bonds. The Labute approximate surface area is 109 Å². The summed E-state index contributed by atoms with van der Waals surface area (Å²) in [4.78, 5) is 20.2. The van der Waals surface area contributed by atoms with Gasteiger partial charge >= 0.3 is 0 Å². The number of nitrogens with zero attached hydrogens (tertiary/aromatic N) is 3. The standard InChI is InChI=1S/C14H21N3O/c1-14(2,3)11-7-12(9-15-8-11)17-6-5-16(4)10-13(17)18/h7-9H,5-6,10H2,1-4H3. The monoisotopic (exact) mass is 247 g/mol. The Morgan fingerprint density at radius 2 is 1.94 bits per heavy atom. The molecule has 98 valence electrons. The first kappa shape index (κ1) is 13.0. The Morgan fingerprint density at radius 1 is 1.22 bits per heavy atom. The minimum atomic E-state index is 0.0542. The van der Waals surface area contributed by atoms with E-state index >= 15 is 0 Å². The molecule has 2 rings (SSSR count). The van der Waals surface area contributed by atoms with Crippen LogP contribution in [0.1, 0.15) is 26.3 Å². The van der Waals surface area contributed by atoms with E-state index in [-0.39, 0.29) is 11.3 Å². The van der Waals surface area contributed by atoms with E-state index in [0.29, 0.717) is 6.54 Å². The van der Waals surface area contributed by atoms with Crippen molar-refractivity contribution >= 4 is 11.6 Å². The van der Waals surface area contributed by atoms with E-state index in [1.807, 2.05) is 23.0 Å². The Morgan fingerprint density at radius 3 is 2.56 bits per heavy atom. The summed E-state index contributed by atoms with van der Waals surface area (Å²) in [5.41, 5.74) is 2.13. The van der Waals surface area contributed by atoms with E-state index in [4.69, 9.17) is 0 Å². The number of carbonyl (C=O) groups is 1. The number of aromatic nitrogens is 1. The second kappa shape index (κ2) is 4.69. The number of pyridine rings is 1. The number of anilines is 1. The minimum absolute atomic E-state index is 0.0542. The zero-order chi connectivity index (χ0) is 13.3. The summed E-state index contributed by atoms with van der Waals surface area (Å²) < 4.78 is 0. The zero-order valence-electron chi connectivity index (χ0n) is 11.6. The lowest BCUT2D eigenvalue weighted by molar-refractivity contribution is -0.120. The molecule has 1 fully saturated rings. The van der Waals surface area contributed by atoms with Crippen LogP contribution < -0.4 is 4.90 Å². The van der Waals surface area contributed by atoms with Crippen LogP contribution in [0.5, 0.6) is 0 Å². The summed E-state index contributed by atoms with van der Waals surface area (Å²) in [7, 11) is 1.97. The first-order valence-electron chi connectivity index (χ1n) is 6.32. The molecule has 0 radical (unpaired) electrons. The van der Waals surface area contributed by atoms with Gasteiger partial charge in [-0.15, -0.1) is 0 Å². The Kier molecular flexibility index (Phi) is 3.39. The third-order valence-electron chi connectivity index (χ3n) is 3.31. The van der Waals surface area contributed by atoms with Crippen molar-refractivity contribution in [2.24, 2.45) is 0 Å². The molecule has 1 aliphatic rings. The lowest BCUT2D eigenvalue weighted by Crippen LogP contribution is -2.49. The highest BCUT2D eigenvalue weighted by Crippen LogP contribution is 2.25. The fraction of sp³-hybridized carbons (Fsp3) is 0.571. The Balaban J connectivity index is 2.26. The molecule has 18 heavy (non-hydrogen) atoms. The Bertz CT molecular complexity index is 451. The van der Waals surface area contributed by atoms with Crippen LogP contribution in [-0.2, 0) is 10.2 Å². The normalized spacial score (nSPS) is 18.2. The predicted octanol–water partition coefficient (Wildman–Crippen LogP) is 1.66. The predicted molar refractivity (Wildman–Crippen MR) is 72.8 cm³/mol. The van der Waals surface area contributed by atoms with Gasteiger partial charge in [0.15, 0.2) is 0 Å². The van der Waals surface area contributed by atoms with Gasteiger partial charge in [0.05, 0.1) is 18.4 Å². The van der Waals surface area contributed by atoms with Crippen molar-refractivity contribution in [3.63, 3.8) is 0 Å². The van der Waals surface area contributed by atoms with Gasteiger partial charge in [-0.05, 0) is 24.1 Å².